The zero-order valence-electron chi connectivity index (χ0n) is 9.28. The van der Waals surface area contributed by atoms with Gasteiger partial charge in [0.15, 0.2) is 17.5 Å². The standard InChI is InChI=1S/C12H10F3NO2/c13-9-5-7(6-10(14)12(9)15)8-3-1-2-4-11(8)16(17)18/h1-2,5-6,8,11H,3-4H2. The van der Waals surface area contributed by atoms with Crippen molar-refractivity contribution < 1.29 is 18.1 Å². The molecule has 0 amide bonds. The van der Waals surface area contributed by atoms with Crippen LogP contribution in [0.25, 0.3) is 0 Å². The summed E-state index contributed by atoms with van der Waals surface area (Å²) in [6.45, 7) is 0. The molecule has 2 unspecified atom stereocenters. The summed E-state index contributed by atoms with van der Waals surface area (Å²) in [6.07, 6.45) is 3.92. The smallest absolute Gasteiger partial charge is 0.223 e. The number of allylic oxidation sites excluding steroid dienone is 1. The lowest BCUT2D eigenvalue weighted by Gasteiger charge is -2.22. The molecule has 18 heavy (non-hydrogen) atoms. The van der Waals surface area contributed by atoms with Gasteiger partial charge in [0.1, 0.15) is 0 Å². The van der Waals surface area contributed by atoms with E-state index in [2.05, 4.69) is 0 Å². The van der Waals surface area contributed by atoms with Crippen molar-refractivity contribution >= 4 is 0 Å². The zero-order valence-corrected chi connectivity index (χ0v) is 9.28. The fourth-order valence-electron chi connectivity index (χ4n) is 2.18. The summed E-state index contributed by atoms with van der Waals surface area (Å²) >= 11 is 0. The Hall–Kier alpha value is -1.85. The molecule has 1 aromatic carbocycles. The second-order valence-electron chi connectivity index (χ2n) is 4.20. The van der Waals surface area contributed by atoms with Crippen molar-refractivity contribution in [3.8, 4) is 0 Å². The van der Waals surface area contributed by atoms with Gasteiger partial charge in [0.2, 0.25) is 6.04 Å². The van der Waals surface area contributed by atoms with Crippen LogP contribution in [-0.4, -0.2) is 11.0 Å². The molecule has 0 radical (unpaired) electrons. The molecule has 96 valence electrons. The first kappa shape index (κ1) is 12.6. The summed E-state index contributed by atoms with van der Waals surface area (Å²) < 4.78 is 39.1. The molecule has 0 N–H and O–H groups in total. The highest BCUT2D eigenvalue weighted by atomic mass is 19.2. The molecular formula is C12H10F3NO2. The summed E-state index contributed by atoms with van der Waals surface area (Å²) in [4.78, 5) is 10.4. The second-order valence-corrected chi connectivity index (χ2v) is 4.20. The fraction of sp³-hybridized carbons (Fsp3) is 0.333. The molecule has 1 aliphatic rings. The van der Waals surface area contributed by atoms with Crippen molar-refractivity contribution in [2.45, 2.75) is 24.8 Å². The lowest BCUT2D eigenvalue weighted by molar-refractivity contribution is -0.526. The largest absolute Gasteiger partial charge is 0.264 e. The Kier molecular flexibility index (Phi) is 3.36. The molecule has 0 heterocycles. The van der Waals surface area contributed by atoms with E-state index in [0.29, 0.717) is 6.42 Å². The third-order valence-electron chi connectivity index (χ3n) is 3.10. The van der Waals surface area contributed by atoms with Crippen LogP contribution in [0.4, 0.5) is 13.2 Å². The summed E-state index contributed by atoms with van der Waals surface area (Å²) in [5.74, 6) is -4.82. The van der Waals surface area contributed by atoms with Gasteiger partial charge in [0.05, 0.1) is 5.92 Å². The molecule has 0 fully saturated rings. The minimum absolute atomic E-state index is 0.123. The van der Waals surface area contributed by atoms with Crippen LogP contribution < -0.4 is 0 Å². The van der Waals surface area contributed by atoms with Crippen LogP contribution in [-0.2, 0) is 0 Å². The first-order valence-electron chi connectivity index (χ1n) is 5.43. The normalized spacial score (nSPS) is 23.1. The molecular weight excluding hydrogens is 247 g/mol. The number of nitro groups is 1. The molecule has 0 bridgehead atoms. The van der Waals surface area contributed by atoms with Gasteiger partial charge in [-0.25, -0.2) is 13.2 Å². The Balaban J connectivity index is 2.41. The van der Waals surface area contributed by atoms with E-state index < -0.39 is 34.3 Å². The highest BCUT2D eigenvalue weighted by molar-refractivity contribution is 5.26. The second kappa shape index (κ2) is 4.80. The number of hydrogen-bond acceptors (Lipinski definition) is 2. The van der Waals surface area contributed by atoms with Crippen molar-refractivity contribution in [3.63, 3.8) is 0 Å². The third kappa shape index (κ3) is 2.23. The van der Waals surface area contributed by atoms with Gasteiger partial charge in [-0.3, -0.25) is 10.1 Å². The van der Waals surface area contributed by atoms with E-state index in [9.17, 15) is 23.3 Å². The van der Waals surface area contributed by atoms with Gasteiger partial charge in [-0.2, -0.15) is 0 Å². The monoisotopic (exact) mass is 257 g/mol. The van der Waals surface area contributed by atoms with Crippen molar-refractivity contribution in [2.75, 3.05) is 0 Å². The molecule has 0 saturated heterocycles. The molecule has 6 heteroatoms. The van der Waals surface area contributed by atoms with Gasteiger partial charge in [-0.1, -0.05) is 12.2 Å². The fourth-order valence-corrected chi connectivity index (χ4v) is 2.18. The molecule has 0 spiro atoms. The van der Waals surface area contributed by atoms with Crippen LogP contribution in [0.5, 0.6) is 0 Å². The van der Waals surface area contributed by atoms with E-state index in [-0.39, 0.29) is 12.0 Å². The Morgan fingerprint density at radius 2 is 1.67 bits per heavy atom. The van der Waals surface area contributed by atoms with Crippen molar-refractivity contribution in [1.29, 1.82) is 0 Å². The van der Waals surface area contributed by atoms with E-state index in [1.54, 1.807) is 12.2 Å². The summed E-state index contributed by atoms with van der Waals surface area (Å²) in [5.41, 5.74) is 0.123. The van der Waals surface area contributed by atoms with Crippen molar-refractivity contribution in [3.05, 3.63) is 57.4 Å². The number of benzene rings is 1. The van der Waals surface area contributed by atoms with E-state index in [0.717, 1.165) is 12.1 Å². The first-order chi connectivity index (χ1) is 8.50. The molecule has 0 aromatic heterocycles. The van der Waals surface area contributed by atoms with E-state index >= 15 is 0 Å². The van der Waals surface area contributed by atoms with Crippen LogP contribution in [0.15, 0.2) is 24.3 Å². The van der Waals surface area contributed by atoms with Crippen LogP contribution in [0.2, 0.25) is 0 Å². The summed E-state index contributed by atoms with van der Waals surface area (Å²) in [7, 11) is 0. The van der Waals surface area contributed by atoms with Crippen molar-refractivity contribution in [2.24, 2.45) is 0 Å². The SMILES string of the molecule is O=[N+]([O-])C1CC=CCC1c1cc(F)c(F)c(F)c1. The minimum atomic E-state index is -1.55. The van der Waals surface area contributed by atoms with Crippen LogP contribution in [0.3, 0.4) is 0 Å². The Labute approximate surface area is 101 Å². The maximum Gasteiger partial charge on any atom is 0.223 e. The Bertz CT molecular complexity index is 493. The number of rotatable bonds is 2. The van der Waals surface area contributed by atoms with Crippen molar-refractivity contribution in [1.82, 2.24) is 0 Å². The molecule has 1 aliphatic carbocycles. The first-order valence-corrected chi connectivity index (χ1v) is 5.43. The Morgan fingerprint density at radius 1 is 1.11 bits per heavy atom. The average Bonchev–Trinajstić information content (AvgIpc) is 2.35. The van der Waals surface area contributed by atoms with E-state index in [1.165, 1.54) is 0 Å². The maximum absolute atomic E-state index is 13.1. The van der Waals surface area contributed by atoms with Gasteiger partial charge >= 0.3 is 0 Å². The summed E-state index contributed by atoms with van der Waals surface area (Å²) in [6, 6.07) is 0.733. The highest BCUT2D eigenvalue weighted by Gasteiger charge is 2.34. The molecule has 2 atom stereocenters. The Morgan fingerprint density at radius 3 is 2.22 bits per heavy atom. The average molecular weight is 257 g/mol. The lowest BCUT2D eigenvalue weighted by Crippen LogP contribution is -2.29. The topological polar surface area (TPSA) is 43.1 Å². The highest BCUT2D eigenvalue weighted by Crippen LogP contribution is 2.32. The minimum Gasteiger partial charge on any atom is -0.264 e. The number of nitrogens with zero attached hydrogens (tertiary/aromatic N) is 1. The van der Waals surface area contributed by atoms with Gasteiger partial charge in [-0.15, -0.1) is 0 Å². The maximum atomic E-state index is 13.1. The molecule has 0 aliphatic heterocycles. The molecule has 3 nitrogen and oxygen atoms in total. The molecule has 0 saturated carbocycles. The third-order valence-corrected chi connectivity index (χ3v) is 3.10. The quantitative estimate of drug-likeness (QED) is 0.353. The van der Waals surface area contributed by atoms with Gasteiger partial charge in [0.25, 0.3) is 0 Å². The van der Waals surface area contributed by atoms with Gasteiger partial charge in [-0.05, 0) is 24.1 Å². The van der Waals surface area contributed by atoms with Gasteiger partial charge < -0.3 is 0 Å². The number of halogens is 3. The lowest BCUT2D eigenvalue weighted by atomic mass is 9.83. The number of hydrogen-bond donors (Lipinski definition) is 0. The van der Waals surface area contributed by atoms with Crippen LogP contribution in [0, 0.1) is 27.6 Å². The predicted octanol–water partition coefficient (Wildman–Crippen LogP) is 3.18. The van der Waals surface area contributed by atoms with Gasteiger partial charge in [0, 0.05) is 11.3 Å². The van der Waals surface area contributed by atoms with Crippen LogP contribution >= 0.6 is 0 Å². The summed E-state index contributed by atoms with van der Waals surface area (Å²) in [5, 5.41) is 10.9. The predicted molar refractivity (Wildman–Crippen MR) is 58.2 cm³/mol. The zero-order chi connectivity index (χ0) is 13.3. The van der Waals surface area contributed by atoms with E-state index in [4.69, 9.17) is 0 Å². The molecule has 1 aromatic rings. The van der Waals surface area contributed by atoms with E-state index in [1.807, 2.05) is 0 Å². The van der Waals surface area contributed by atoms with Crippen LogP contribution in [0.1, 0.15) is 24.3 Å². The molecule has 2 rings (SSSR count).